The molecule has 1 saturated heterocycles. The van der Waals surface area contributed by atoms with Crippen LogP contribution in [0.15, 0.2) is 48.5 Å². The maximum Gasteiger partial charge on any atom is 0.239 e. The van der Waals surface area contributed by atoms with E-state index in [1.807, 2.05) is 49.4 Å². The van der Waals surface area contributed by atoms with Crippen molar-refractivity contribution in [3.8, 4) is 11.1 Å². The number of nitrogens with one attached hydrogen (secondary N) is 1. The minimum absolute atomic E-state index is 0.0583. The van der Waals surface area contributed by atoms with Crippen LogP contribution in [0.5, 0.6) is 0 Å². The van der Waals surface area contributed by atoms with Gasteiger partial charge in [0.15, 0.2) is 0 Å². The summed E-state index contributed by atoms with van der Waals surface area (Å²) < 4.78 is 5.43. The molecule has 2 aromatic rings. The number of hydrogen-bond acceptors (Lipinski definition) is 3. The van der Waals surface area contributed by atoms with Gasteiger partial charge in [-0.15, -0.1) is 0 Å². The molecular weight excluding hydrogens is 372 g/mol. The molecule has 1 unspecified atom stereocenters. The maximum atomic E-state index is 13.5. The number of carbonyl (C=O) groups is 1. The molecule has 28 heavy (non-hydrogen) atoms. The molecule has 0 radical (unpaired) electrons. The smallest absolute Gasteiger partial charge is 0.239 e. The average molecular weight is 397 g/mol. The largest absolute Gasteiger partial charge is 0.380 e. The van der Waals surface area contributed by atoms with E-state index < -0.39 is 5.41 Å². The Hall–Kier alpha value is -2.17. The Bertz CT molecular complexity index is 909. The van der Waals surface area contributed by atoms with Crippen LogP contribution < -0.4 is 0 Å². The Morgan fingerprint density at radius 1 is 1.18 bits per heavy atom. The van der Waals surface area contributed by atoms with Crippen LogP contribution in [0.2, 0.25) is 5.02 Å². The zero-order chi connectivity index (χ0) is 19.7. The minimum Gasteiger partial charge on any atom is -0.380 e. The first-order chi connectivity index (χ1) is 13.6. The highest BCUT2D eigenvalue weighted by Crippen LogP contribution is 2.53. The zero-order valence-electron chi connectivity index (χ0n) is 16.1. The van der Waals surface area contributed by atoms with Crippen molar-refractivity contribution in [1.82, 2.24) is 4.90 Å². The number of amides is 1. The molecule has 1 atom stereocenters. The van der Waals surface area contributed by atoms with E-state index in [0.29, 0.717) is 43.0 Å². The van der Waals surface area contributed by atoms with Gasteiger partial charge in [-0.1, -0.05) is 48.0 Å². The second kappa shape index (κ2) is 7.69. The van der Waals surface area contributed by atoms with Crippen molar-refractivity contribution in [3.63, 3.8) is 0 Å². The molecule has 1 amide bonds. The van der Waals surface area contributed by atoms with Crippen molar-refractivity contribution in [2.45, 2.75) is 31.6 Å². The highest BCUT2D eigenvalue weighted by Gasteiger charge is 2.58. The maximum absolute atomic E-state index is 13.5. The first kappa shape index (κ1) is 19.2. The quantitative estimate of drug-likeness (QED) is 0.676. The molecule has 146 valence electrons. The Balaban J connectivity index is 1.70. The molecule has 1 aliphatic heterocycles. The van der Waals surface area contributed by atoms with E-state index in [-0.39, 0.29) is 5.91 Å². The summed E-state index contributed by atoms with van der Waals surface area (Å²) in [4.78, 5) is 15.1. The fraction of sp³-hybridized carbons (Fsp3) is 0.391. The van der Waals surface area contributed by atoms with Crippen molar-refractivity contribution >= 4 is 23.3 Å². The second-order valence-electron chi connectivity index (χ2n) is 7.61. The number of halogens is 1. The topological polar surface area (TPSA) is 53.4 Å². The average Bonchev–Trinajstić information content (AvgIpc) is 3.51. The lowest BCUT2D eigenvalue weighted by Gasteiger charge is -2.28. The van der Waals surface area contributed by atoms with Crippen LogP contribution >= 0.6 is 11.6 Å². The van der Waals surface area contributed by atoms with Crippen LogP contribution in [-0.2, 0) is 14.9 Å². The summed E-state index contributed by atoms with van der Waals surface area (Å²) in [5.74, 6) is 0.778. The Labute approximate surface area is 171 Å². The number of hydrogen-bond donors (Lipinski definition) is 1. The van der Waals surface area contributed by atoms with Gasteiger partial charge in [0, 0.05) is 18.1 Å². The van der Waals surface area contributed by atoms with Gasteiger partial charge in [-0.3, -0.25) is 15.1 Å². The fourth-order valence-corrected chi connectivity index (χ4v) is 4.53. The molecule has 0 bridgehead atoms. The standard InChI is InChI=1S/C23H25ClN2O2/c1-2-28-12-11-26-21(25)15-23(22(26)27,18-9-10-18)19-7-3-5-16(13-19)17-6-4-8-20(24)14-17/h3-8,13-14,18,25H,2,9-12,15H2,1H3. The Morgan fingerprint density at radius 2 is 1.89 bits per heavy atom. The van der Waals surface area contributed by atoms with Crippen LogP contribution in [0.3, 0.4) is 0 Å². The van der Waals surface area contributed by atoms with Gasteiger partial charge in [-0.2, -0.15) is 0 Å². The molecule has 5 heteroatoms. The molecule has 1 saturated carbocycles. The van der Waals surface area contributed by atoms with Crippen molar-refractivity contribution in [2.24, 2.45) is 5.92 Å². The van der Waals surface area contributed by atoms with Crippen molar-refractivity contribution in [2.75, 3.05) is 19.8 Å². The molecule has 4 rings (SSSR count). The van der Waals surface area contributed by atoms with Crippen molar-refractivity contribution in [3.05, 3.63) is 59.1 Å². The molecule has 2 aromatic carbocycles. The lowest BCUT2D eigenvalue weighted by molar-refractivity contribution is -0.132. The van der Waals surface area contributed by atoms with Crippen LogP contribution in [0.25, 0.3) is 11.1 Å². The third-order valence-electron chi connectivity index (χ3n) is 5.87. The highest BCUT2D eigenvalue weighted by atomic mass is 35.5. The lowest BCUT2D eigenvalue weighted by atomic mass is 9.74. The third kappa shape index (κ3) is 3.36. The number of nitrogens with zero attached hydrogens (tertiary/aromatic N) is 1. The van der Waals surface area contributed by atoms with Gasteiger partial charge in [-0.05, 0) is 54.5 Å². The van der Waals surface area contributed by atoms with Gasteiger partial charge in [0.25, 0.3) is 0 Å². The first-order valence-corrected chi connectivity index (χ1v) is 10.3. The summed E-state index contributed by atoms with van der Waals surface area (Å²) >= 11 is 6.17. The first-order valence-electron chi connectivity index (χ1n) is 9.90. The van der Waals surface area contributed by atoms with Gasteiger partial charge in [0.2, 0.25) is 5.91 Å². The summed E-state index contributed by atoms with van der Waals surface area (Å²) in [6, 6.07) is 16.0. The number of likely N-dealkylation sites (tertiary alicyclic amines) is 1. The van der Waals surface area contributed by atoms with E-state index in [1.54, 1.807) is 4.90 Å². The molecule has 2 fully saturated rings. The third-order valence-corrected chi connectivity index (χ3v) is 6.11. The van der Waals surface area contributed by atoms with Gasteiger partial charge in [-0.25, -0.2) is 0 Å². The predicted octanol–water partition coefficient (Wildman–Crippen LogP) is 4.90. The molecule has 2 aliphatic rings. The molecule has 1 aliphatic carbocycles. The molecular formula is C23H25ClN2O2. The van der Waals surface area contributed by atoms with Crippen LogP contribution in [0.4, 0.5) is 0 Å². The molecule has 0 spiro atoms. The summed E-state index contributed by atoms with van der Waals surface area (Å²) in [6.45, 7) is 3.47. The molecule has 0 aromatic heterocycles. The number of amidine groups is 1. The van der Waals surface area contributed by atoms with Crippen LogP contribution in [0.1, 0.15) is 31.7 Å². The molecule has 1 N–H and O–H groups in total. The fourth-order valence-electron chi connectivity index (χ4n) is 4.34. The van der Waals surface area contributed by atoms with Crippen molar-refractivity contribution in [1.29, 1.82) is 5.41 Å². The highest BCUT2D eigenvalue weighted by molar-refractivity contribution is 6.30. The van der Waals surface area contributed by atoms with Crippen LogP contribution in [-0.4, -0.2) is 36.4 Å². The molecule has 4 nitrogen and oxygen atoms in total. The monoisotopic (exact) mass is 396 g/mol. The number of rotatable bonds is 7. The summed E-state index contributed by atoms with van der Waals surface area (Å²) in [7, 11) is 0. The normalized spacial score (nSPS) is 22.1. The van der Waals surface area contributed by atoms with E-state index >= 15 is 0 Å². The van der Waals surface area contributed by atoms with Crippen molar-refractivity contribution < 1.29 is 9.53 Å². The number of benzene rings is 2. The lowest BCUT2D eigenvalue weighted by Crippen LogP contribution is -2.41. The Morgan fingerprint density at radius 3 is 2.57 bits per heavy atom. The summed E-state index contributed by atoms with van der Waals surface area (Å²) in [6.07, 6.45) is 2.56. The number of carbonyl (C=O) groups excluding carboxylic acids is 1. The van der Waals surface area contributed by atoms with E-state index in [9.17, 15) is 4.79 Å². The minimum atomic E-state index is -0.613. The number of ether oxygens (including phenoxy) is 1. The van der Waals surface area contributed by atoms with Gasteiger partial charge < -0.3 is 4.74 Å². The predicted molar refractivity (Wildman–Crippen MR) is 112 cm³/mol. The van der Waals surface area contributed by atoms with Gasteiger partial charge in [0.1, 0.15) is 5.84 Å². The summed E-state index contributed by atoms with van der Waals surface area (Å²) in [5, 5.41) is 9.17. The second-order valence-corrected chi connectivity index (χ2v) is 8.05. The van der Waals surface area contributed by atoms with Crippen LogP contribution in [0, 0.1) is 11.3 Å². The Kier molecular flexibility index (Phi) is 5.26. The SMILES string of the molecule is CCOCCN1C(=N)CC(c2cccc(-c3cccc(Cl)c3)c2)(C2CC2)C1=O. The molecule has 1 heterocycles. The summed E-state index contributed by atoms with van der Waals surface area (Å²) in [5.41, 5.74) is 2.49. The van der Waals surface area contributed by atoms with E-state index in [2.05, 4.69) is 6.07 Å². The van der Waals surface area contributed by atoms with E-state index in [1.165, 1.54) is 0 Å². The van der Waals surface area contributed by atoms with E-state index in [4.69, 9.17) is 21.7 Å². The van der Waals surface area contributed by atoms with E-state index in [0.717, 1.165) is 29.5 Å². The van der Waals surface area contributed by atoms with Gasteiger partial charge >= 0.3 is 0 Å². The van der Waals surface area contributed by atoms with Gasteiger partial charge in [0.05, 0.1) is 18.6 Å². The zero-order valence-corrected chi connectivity index (χ0v) is 16.8.